The molecule has 6 heteroatoms. The van der Waals surface area contributed by atoms with E-state index in [1.54, 1.807) is 20.3 Å². The maximum atomic E-state index is 11.8. The molecule has 5 nitrogen and oxygen atoms in total. The maximum absolute atomic E-state index is 11.8. The summed E-state index contributed by atoms with van der Waals surface area (Å²) in [6, 6.07) is 0. The Morgan fingerprint density at radius 3 is 2.87 bits per heavy atom. The number of nitrogens with zero attached hydrogens (tertiary/aromatic N) is 3. The average Bonchev–Trinajstić information content (AvgIpc) is 2.59. The van der Waals surface area contributed by atoms with Crippen LogP contribution in [-0.4, -0.2) is 39.9 Å². The Bertz CT molecular complexity index is 520. The Balaban J connectivity index is 2.70. The van der Waals surface area contributed by atoms with Crippen LogP contribution in [0.2, 0.25) is 0 Å². The van der Waals surface area contributed by atoms with Crippen molar-refractivity contribution in [2.45, 2.75) is 0 Å². The van der Waals surface area contributed by atoms with Gasteiger partial charge >= 0.3 is 0 Å². The Kier molecular flexibility index (Phi) is 2.44. The smallest absolute Gasteiger partial charge is 0.272 e. The minimum atomic E-state index is -0.136. The highest BCUT2D eigenvalue weighted by molar-refractivity contribution is 9.10. The molecule has 0 atom stereocenters. The van der Waals surface area contributed by atoms with Crippen LogP contribution in [0.3, 0.4) is 0 Å². The van der Waals surface area contributed by atoms with E-state index in [0.717, 1.165) is 9.86 Å². The van der Waals surface area contributed by atoms with Crippen molar-refractivity contribution in [1.82, 2.24) is 19.9 Å². The summed E-state index contributed by atoms with van der Waals surface area (Å²) in [5.41, 5.74) is 1.06. The summed E-state index contributed by atoms with van der Waals surface area (Å²) in [4.78, 5) is 24.3. The lowest BCUT2D eigenvalue weighted by Gasteiger charge is -2.09. The number of fused-ring (bicyclic) bond motifs is 1. The Morgan fingerprint density at radius 1 is 1.47 bits per heavy atom. The highest BCUT2D eigenvalue weighted by atomic mass is 79.9. The number of halogens is 1. The van der Waals surface area contributed by atoms with Crippen LogP contribution in [0, 0.1) is 0 Å². The Morgan fingerprint density at radius 2 is 2.20 bits per heavy atom. The predicted molar refractivity (Wildman–Crippen MR) is 59.6 cm³/mol. The summed E-state index contributed by atoms with van der Waals surface area (Å²) < 4.78 is 0.795. The molecule has 2 heterocycles. The van der Waals surface area contributed by atoms with E-state index >= 15 is 0 Å². The molecule has 0 aromatic carbocycles. The van der Waals surface area contributed by atoms with Gasteiger partial charge in [-0.05, 0) is 15.9 Å². The zero-order valence-electron chi connectivity index (χ0n) is 8.28. The van der Waals surface area contributed by atoms with Crippen molar-refractivity contribution in [1.29, 1.82) is 0 Å². The van der Waals surface area contributed by atoms with E-state index in [0.29, 0.717) is 11.3 Å². The molecule has 2 rings (SSSR count). The summed E-state index contributed by atoms with van der Waals surface area (Å²) in [7, 11) is 3.38. The Hall–Kier alpha value is -1.43. The molecule has 0 spiro atoms. The first-order valence-corrected chi connectivity index (χ1v) is 5.10. The molecule has 78 valence electrons. The highest BCUT2D eigenvalue weighted by Crippen LogP contribution is 2.24. The quantitative estimate of drug-likeness (QED) is 0.851. The van der Waals surface area contributed by atoms with Gasteiger partial charge in [0.1, 0.15) is 17.7 Å². The number of hydrogen-bond acceptors (Lipinski definition) is 3. The van der Waals surface area contributed by atoms with E-state index in [9.17, 15) is 4.79 Å². The first-order valence-electron chi connectivity index (χ1n) is 4.30. The summed E-state index contributed by atoms with van der Waals surface area (Å²) >= 11 is 3.35. The maximum Gasteiger partial charge on any atom is 0.272 e. The van der Waals surface area contributed by atoms with E-state index in [1.807, 2.05) is 0 Å². The number of H-pyrrole nitrogens is 1. The number of nitrogens with one attached hydrogen (secondary N) is 1. The van der Waals surface area contributed by atoms with Crippen molar-refractivity contribution in [3.63, 3.8) is 0 Å². The Labute approximate surface area is 94.6 Å². The van der Waals surface area contributed by atoms with Gasteiger partial charge in [0, 0.05) is 24.8 Å². The first-order chi connectivity index (χ1) is 7.11. The molecule has 0 radical (unpaired) electrons. The topological polar surface area (TPSA) is 61.9 Å². The van der Waals surface area contributed by atoms with Gasteiger partial charge in [-0.3, -0.25) is 4.79 Å². The lowest BCUT2D eigenvalue weighted by molar-refractivity contribution is 0.0824. The standard InChI is InChI=1S/C9H9BrN4O/c1-14(2)9(15)7-6-5(10)3-11-8(6)13-4-12-7/h3-4H,1-2H3,(H,11,12,13). The van der Waals surface area contributed by atoms with Crippen LogP contribution < -0.4 is 0 Å². The van der Waals surface area contributed by atoms with Crippen molar-refractivity contribution >= 4 is 32.9 Å². The van der Waals surface area contributed by atoms with Crippen molar-refractivity contribution in [2.75, 3.05) is 14.1 Å². The number of aromatic nitrogens is 3. The summed E-state index contributed by atoms with van der Waals surface area (Å²) in [5.74, 6) is -0.136. The fourth-order valence-electron chi connectivity index (χ4n) is 1.30. The lowest BCUT2D eigenvalue weighted by Crippen LogP contribution is -2.23. The van der Waals surface area contributed by atoms with Gasteiger partial charge in [-0.1, -0.05) is 0 Å². The van der Waals surface area contributed by atoms with Crippen molar-refractivity contribution < 1.29 is 4.79 Å². The third kappa shape index (κ3) is 1.61. The van der Waals surface area contributed by atoms with Gasteiger partial charge in [0.15, 0.2) is 0 Å². The second-order valence-electron chi connectivity index (χ2n) is 3.28. The molecule has 0 aliphatic carbocycles. The van der Waals surface area contributed by atoms with Crippen LogP contribution in [-0.2, 0) is 0 Å². The largest absolute Gasteiger partial charge is 0.345 e. The molecule has 2 aromatic rings. The molecule has 15 heavy (non-hydrogen) atoms. The van der Waals surface area contributed by atoms with Crippen LogP contribution in [0.4, 0.5) is 0 Å². The number of carbonyl (C=O) groups is 1. The lowest BCUT2D eigenvalue weighted by atomic mass is 10.2. The van der Waals surface area contributed by atoms with E-state index in [-0.39, 0.29) is 5.91 Å². The monoisotopic (exact) mass is 268 g/mol. The number of rotatable bonds is 1. The molecule has 0 fully saturated rings. The average molecular weight is 269 g/mol. The molecule has 2 aromatic heterocycles. The molecule has 0 saturated heterocycles. The van der Waals surface area contributed by atoms with E-state index < -0.39 is 0 Å². The summed E-state index contributed by atoms with van der Waals surface area (Å²) in [6.07, 6.45) is 3.12. The number of carbonyl (C=O) groups excluding carboxylic acids is 1. The molecule has 1 amide bonds. The molecule has 0 aliphatic rings. The van der Waals surface area contributed by atoms with E-state index in [2.05, 4.69) is 30.9 Å². The van der Waals surface area contributed by atoms with Crippen LogP contribution in [0.1, 0.15) is 10.5 Å². The minimum Gasteiger partial charge on any atom is -0.345 e. The summed E-state index contributed by atoms with van der Waals surface area (Å²) in [5, 5.41) is 0.719. The predicted octanol–water partition coefficient (Wildman–Crippen LogP) is 1.42. The summed E-state index contributed by atoms with van der Waals surface area (Å²) in [6.45, 7) is 0. The van der Waals surface area contributed by atoms with Crippen LogP contribution in [0.15, 0.2) is 17.0 Å². The van der Waals surface area contributed by atoms with Crippen molar-refractivity contribution in [3.8, 4) is 0 Å². The van der Waals surface area contributed by atoms with Crippen LogP contribution >= 0.6 is 15.9 Å². The normalized spacial score (nSPS) is 10.6. The third-order valence-electron chi connectivity index (χ3n) is 2.03. The highest BCUT2D eigenvalue weighted by Gasteiger charge is 2.17. The minimum absolute atomic E-state index is 0.136. The van der Waals surface area contributed by atoms with Gasteiger partial charge in [-0.25, -0.2) is 9.97 Å². The number of amides is 1. The van der Waals surface area contributed by atoms with Crippen molar-refractivity contribution in [3.05, 3.63) is 22.7 Å². The molecular weight excluding hydrogens is 260 g/mol. The van der Waals surface area contributed by atoms with Gasteiger partial charge in [-0.2, -0.15) is 0 Å². The molecule has 0 unspecified atom stereocenters. The van der Waals surface area contributed by atoms with Crippen LogP contribution in [0.25, 0.3) is 11.0 Å². The molecule has 0 saturated carbocycles. The van der Waals surface area contributed by atoms with E-state index in [4.69, 9.17) is 0 Å². The third-order valence-corrected chi connectivity index (χ3v) is 2.66. The van der Waals surface area contributed by atoms with E-state index in [1.165, 1.54) is 11.2 Å². The number of hydrogen-bond donors (Lipinski definition) is 1. The van der Waals surface area contributed by atoms with Gasteiger partial charge < -0.3 is 9.88 Å². The zero-order chi connectivity index (χ0) is 11.0. The second kappa shape index (κ2) is 3.62. The van der Waals surface area contributed by atoms with Gasteiger partial charge in [0.2, 0.25) is 0 Å². The molecule has 0 aliphatic heterocycles. The molecule has 0 bridgehead atoms. The van der Waals surface area contributed by atoms with Crippen molar-refractivity contribution in [2.24, 2.45) is 0 Å². The molecular formula is C9H9BrN4O. The first kappa shape index (κ1) is 10.1. The fourth-order valence-corrected chi connectivity index (χ4v) is 1.79. The zero-order valence-corrected chi connectivity index (χ0v) is 9.87. The van der Waals surface area contributed by atoms with Gasteiger partial charge in [-0.15, -0.1) is 0 Å². The van der Waals surface area contributed by atoms with Gasteiger partial charge in [0.05, 0.1) is 5.39 Å². The fraction of sp³-hybridized carbons (Fsp3) is 0.222. The molecule has 1 N–H and O–H groups in total. The SMILES string of the molecule is CN(C)C(=O)c1ncnc2[nH]cc(Br)c12. The second-order valence-corrected chi connectivity index (χ2v) is 4.14. The number of aromatic amines is 1. The van der Waals surface area contributed by atoms with Gasteiger partial charge in [0.25, 0.3) is 5.91 Å². The van der Waals surface area contributed by atoms with Crippen LogP contribution in [0.5, 0.6) is 0 Å².